The van der Waals surface area contributed by atoms with Gasteiger partial charge in [0, 0.05) is 30.8 Å². The quantitative estimate of drug-likeness (QED) is 0.643. The molecule has 0 radical (unpaired) electrons. The van der Waals surface area contributed by atoms with E-state index in [2.05, 4.69) is 22.4 Å². The topological polar surface area (TPSA) is 68.6 Å². The molecule has 2 aromatic rings. The molecule has 0 unspecified atom stereocenters. The molecule has 7 heteroatoms. The third kappa shape index (κ3) is 6.08. The molecule has 0 bridgehead atoms. The number of rotatable bonds is 10. The van der Waals surface area contributed by atoms with Crippen molar-refractivity contribution in [3.8, 4) is 17.0 Å². The Labute approximate surface area is 161 Å². The summed E-state index contributed by atoms with van der Waals surface area (Å²) in [5, 5.41) is 7.58. The SMILES string of the molecule is CNCCN(C)Cc1cnn(CC(=O)OC)c1-c1ccc(OC(C)C)cc1. The zero-order valence-electron chi connectivity index (χ0n) is 16.9. The monoisotopic (exact) mass is 374 g/mol. The van der Waals surface area contributed by atoms with Crippen molar-refractivity contribution in [1.29, 1.82) is 0 Å². The van der Waals surface area contributed by atoms with E-state index in [0.717, 1.165) is 42.2 Å². The first-order chi connectivity index (χ1) is 12.9. The van der Waals surface area contributed by atoms with Gasteiger partial charge in [-0.05, 0) is 52.2 Å². The smallest absolute Gasteiger partial charge is 0.327 e. The van der Waals surface area contributed by atoms with Crippen molar-refractivity contribution in [2.24, 2.45) is 0 Å². The van der Waals surface area contributed by atoms with Gasteiger partial charge in [-0.25, -0.2) is 0 Å². The number of carbonyl (C=O) groups excluding carboxylic acids is 1. The number of ether oxygens (including phenoxy) is 2. The van der Waals surface area contributed by atoms with Gasteiger partial charge in [0.15, 0.2) is 0 Å². The second kappa shape index (κ2) is 10.1. The number of hydrogen-bond donors (Lipinski definition) is 1. The minimum Gasteiger partial charge on any atom is -0.491 e. The first-order valence-corrected chi connectivity index (χ1v) is 9.16. The van der Waals surface area contributed by atoms with Crippen LogP contribution in [0.1, 0.15) is 19.4 Å². The zero-order chi connectivity index (χ0) is 19.8. The second-order valence-corrected chi connectivity index (χ2v) is 6.78. The molecule has 1 aromatic carbocycles. The van der Waals surface area contributed by atoms with Crippen LogP contribution in [-0.2, 0) is 22.6 Å². The second-order valence-electron chi connectivity index (χ2n) is 6.78. The molecule has 0 saturated carbocycles. The van der Waals surface area contributed by atoms with Crippen molar-refractivity contribution in [3.05, 3.63) is 36.0 Å². The fourth-order valence-corrected chi connectivity index (χ4v) is 2.82. The van der Waals surface area contributed by atoms with Crippen LogP contribution in [0.3, 0.4) is 0 Å². The zero-order valence-corrected chi connectivity index (χ0v) is 16.9. The number of benzene rings is 1. The molecule has 148 valence electrons. The van der Waals surface area contributed by atoms with Gasteiger partial charge in [-0.1, -0.05) is 0 Å². The summed E-state index contributed by atoms with van der Waals surface area (Å²) in [4.78, 5) is 14.0. The van der Waals surface area contributed by atoms with Gasteiger partial charge in [-0.15, -0.1) is 0 Å². The summed E-state index contributed by atoms with van der Waals surface area (Å²) in [5.74, 6) is 0.495. The van der Waals surface area contributed by atoms with Crippen LogP contribution in [0.5, 0.6) is 5.75 Å². The molecule has 1 aromatic heterocycles. The first-order valence-electron chi connectivity index (χ1n) is 9.16. The van der Waals surface area contributed by atoms with Gasteiger partial charge in [0.1, 0.15) is 12.3 Å². The van der Waals surface area contributed by atoms with Crippen molar-refractivity contribution in [2.75, 3.05) is 34.3 Å². The number of carbonyl (C=O) groups is 1. The van der Waals surface area contributed by atoms with E-state index >= 15 is 0 Å². The Hall–Kier alpha value is -2.38. The Morgan fingerprint density at radius 1 is 1.30 bits per heavy atom. The fourth-order valence-electron chi connectivity index (χ4n) is 2.82. The number of esters is 1. The highest BCUT2D eigenvalue weighted by Gasteiger charge is 2.17. The number of likely N-dealkylation sites (N-methyl/N-ethyl adjacent to an activating group) is 2. The van der Waals surface area contributed by atoms with Crippen molar-refractivity contribution in [2.45, 2.75) is 33.0 Å². The molecule has 1 N–H and O–H groups in total. The number of hydrogen-bond acceptors (Lipinski definition) is 6. The Morgan fingerprint density at radius 2 is 2.00 bits per heavy atom. The lowest BCUT2D eigenvalue weighted by atomic mass is 10.1. The molecule has 0 aliphatic carbocycles. The van der Waals surface area contributed by atoms with Crippen molar-refractivity contribution >= 4 is 5.97 Å². The van der Waals surface area contributed by atoms with Crippen LogP contribution in [0.25, 0.3) is 11.3 Å². The van der Waals surface area contributed by atoms with E-state index in [4.69, 9.17) is 9.47 Å². The summed E-state index contributed by atoms with van der Waals surface area (Å²) < 4.78 is 12.2. The van der Waals surface area contributed by atoms with E-state index in [-0.39, 0.29) is 18.6 Å². The molecule has 0 fully saturated rings. The van der Waals surface area contributed by atoms with Gasteiger partial charge < -0.3 is 19.7 Å². The van der Waals surface area contributed by atoms with Gasteiger partial charge in [0.2, 0.25) is 0 Å². The van der Waals surface area contributed by atoms with Gasteiger partial charge in [0.25, 0.3) is 0 Å². The van der Waals surface area contributed by atoms with E-state index in [9.17, 15) is 4.79 Å². The van der Waals surface area contributed by atoms with E-state index in [1.165, 1.54) is 7.11 Å². The van der Waals surface area contributed by atoms with Crippen LogP contribution in [-0.4, -0.2) is 61.0 Å². The number of nitrogens with one attached hydrogen (secondary N) is 1. The highest BCUT2D eigenvalue weighted by atomic mass is 16.5. The molecule has 0 amide bonds. The lowest BCUT2D eigenvalue weighted by molar-refractivity contribution is -0.141. The van der Waals surface area contributed by atoms with E-state index in [1.54, 1.807) is 4.68 Å². The number of methoxy groups -OCH3 is 1. The van der Waals surface area contributed by atoms with Crippen LogP contribution in [0, 0.1) is 0 Å². The molecular weight excluding hydrogens is 344 g/mol. The van der Waals surface area contributed by atoms with Gasteiger partial charge in [-0.2, -0.15) is 5.10 Å². The van der Waals surface area contributed by atoms with Crippen LogP contribution in [0.15, 0.2) is 30.5 Å². The molecule has 0 atom stereocenters. The summed E-state index contributed by atoms with van der Waals surface area (Å²) in [7, 11) is 5.39. The van der Waals surface area contributed by atoms with Gasteiger partial charge in [0.05, 0.1) is 25.1 Å². The molecule has 0 aliphatic heterocycles. The molecular formula is C20H30N4O3. The Bertz CT molecular complexity index is 725. The highest BCUT2D eigenvalue weighted by Crippen LogP contribution is 2.27. The average Bonchev–Trinajstić information content (AvgIpc) is 3.02. The summed E-state index contributed by atoms with van der Waals surface area (Å²) in [6, 6.07) is 7.89. The summed E-state index contributed by atoms with van der Waals surface area (Å²) in [6.45, 7) is 6.64. The Kier molecular flexibility index (Phi) is 7.82. The minimum atomic E-state index is -0.325. The lowest BCUT2D eigenvalue weighted by Gasteiger charge is -2.17. The summed E-state index contributed by atoms with van der Waals surface area (Å²) in [5.41, 5.74) is 2.98. The Balaban J connectivity index is 2.31. The van der Waals surface area contributed by atoms with Crippen molar-refractivity contribution < 1.29 is 14.3 Å². The summed E-state index contributed by atoms with van der Waals surface area (Å²) >= 11 is 0. The van der Waals surface area contributed by atoms with Crippen LogP contribution in [0.4, 0.5) is 0 Å². The first kappa shape index (κ1) is 20.9. The van der Waals surface area contributed by atoms with E-state index in [0.29, 0.717) is 0 Å². The third-order valence-electron chi connectivity index (χ3n) is 4.11. The maximum absolute atomic E-state index is 11.8. The maximum atomic E-state index is 11.8. The predicted octanol–water partition coefficient (Wildman–Crippen LogP) is 2.16. The standard InChI is InChI=1S/C20H30N4O3/c1-15(2)27-18-8-6-16(7-9-18)20-17(13-23(4)11-10-21-3)12-22-24(20)14-19(25)26-5/h6-9,12,15,21H,10-11,13-14H2,1-5H3. The average molecular weight is 374 g/mol. The molecule has 1 heterocycles. The third-order valence-corrected chi connectivity index (χ3v) is 4.11. The van der Waals surface area contributed by atoms with Crippen LogP contribution >= 0.6 is 0 Å². The molecule has 0 saturated heterocycles. The lowest BCUT2D eigenvalue weighted by Crippen LogP contribution is -2.27. The molecule has 27 heavy (non-hydrogen) atoms. The minimum absolute atomic E-state index is 0.0797. The molecule has 2 rings (SSSR count). The predicted molar refractivity (Wildman–Crippen MR) is 106 cm³/mol. The van der Waals surface area contributed by atoms with Gasteiger partial charge in [-0.3, -0.25) is 9.48 Å². The van der Waals surface area contributed by atoms with Gasteiger partial charge >= 0.3 is 5.97 Å². The Morgan fingerprint density at radius 3 is 2.59 bits per heavy atom. The van der Waals surface area contributed by atoms with E-state index < -0.39 is 0 Å². The molecule has 0 aliphatic rings. The molecule has 0 spiro atoms. The maximum Gasteiger partial charge on any atom is 0.327 e. The van der Waals surface area contributed by atoms with Crippen molar-refractivity contribution in [1.82, 2.24) is 20.0 Å². The van der Waals surface area contributed by atoms with Crippen molar-refractivity contribution in [3.63, 3.8) is 0 Å². The number of nitrogens with zero attached hydrogens (tertiary/aromatic N) is 3. The van der Waals surface area contributed by atoms with E-state index in [1.807, 2.05) is 51.4 Å². The highest BCUT2D eigenvalue weighted by molar-refractivity contribution is 5.71. The molecule has 7 nitrogen and oxygen atoms in total. The summed E-state index contributed by atoms with van der Waals surface area (Å²) in [6.07, 6.45) is 1.95. The fraction of sp³-hybridized carbons (Fsp3) is 0.500. The normalized spacial score (nSPS) is 11.2. The van der Waals surface area contributed by atoms with Crippen LogP contribution < -0.4 is 10.1 Å². The van der Waals surface area contributed by atoms with Crippen LogP contribution in [0.2, 0.25) is 0 Å². The number of aromatic nitrogens is 2. The largest absolute Gasteiger partial charge is 0.491 e.